The first-order valence-corrected chi connectivity index (χ1v) is 5.39. The number of hydrogen-bond acceptors (Lipinski definition) is 3. The summed E-state index contributed by atoms with van der Waals surface area (Å²) in [7, 11) is 1.32. The van der Waals surface area contributed by atoms with Gasteiger partial charge in [-0.2, -0.15) is 0 Å². The van der Waals surface area contributed by atoms with Crippen molar-refractivity contribution in [3.63, 3.8) is 0 Å². The smallest absolute Gasteiger partial charge is 0.337 e. The summed E-state index contributed by atoms with van der Waals surface area (Å²) in [5.41, 5.74) is 1.02. The summed E-state index contributed by atoms with van der Waals surface area (Å²) in [6.45, 7) is 9.17. The molecule has 0 aliphatic heterocycles. The number of aromatic nitrogens is 1. The van der Waals surface area contributed by atoms with E-state index < -0.39 is 5.97 Å². The maximum atomic E-state index is 11.6. The Morgan fingerprint density at radius 1 is 1.28 bits per heavy atom. The van der Waals surface area contributed by atoms with E-state index in [0.717, 1.165) is 5.39 Å². The monoisotopic (exact) mass is 243 g/mol. The minimum Gasteiger partial charge on any atom is -0.465 e. The predicted molar refractivity (Wildman–Crippen MR) is 69.9 cm³/mol. The average Bonchev–Trinajstić information content (AvgIpc) is 2.60. The zero-order valence-corrected chi connectivity index (χ0v) is 10.3. The lowest BCUT2D eigenvalue weighted by molar-refractivity contribution is 0.0600. The molecule has 0 saturated carbocycles. The first-order valence-electron chi connectivity index (χ1n) is 5.39. The molecule has 4 heteroatoms. The third kappa shape index (κ3) is 1.62. The molecule has 0 N–H and O–H groups in total. The Balaban J connectivity index is 2.88. The van der Waals surface area contributed by atoms with Crippen LogP contribution in [0.1, 0.15) is 22.1 Å². The minimum atomic E-state index is -0.440. The van der Waals surface area contributed by atoms with Crippen molar-refractivity contribution >= 4 is 35.9 Å². The van der Waals surface area contributed by atoms with E-state index in [2.05, 4.69) is 17.9 Å². The fourth-order valence-electron chi connectivity index (χ4n) is 2.01. The normalized spacial score (nSPS) is 10.6. The van der Waals surface area contributed by atoms with E-state index in [9.17, 15) is 9.59 Å². The summed E-state index contributed by atoms with van der Waals surface area (Å²) in [5, 5.41) is 2.04. The molecule has 18 heavy (non-hydrogen) atoms. The molecule has 0 aliphatic carbocycles. The molecule has 0 atom stereocenters. The second kappa shape index (κ2) is 4.14. The van der Waals surface area contributed by atoms with E-state index >= 15 is 0 Å². The Morgan fingerprint density at radius 2 is 1.94 bits per heavy atom. The van der Waals surface area contributed by atoms with Gasteiger partial charge in [-0.15, -0.1) is 0 Å². The summed E-state index contributed by atoms with van der Waals surface area (Å²) >= 11 is 0. The number of fused-ring (bicyclic) bond motifs is 1. The SMILES string of the molecule is C=c1c(=C)n(C(C)=O)c2cc(C(=O)OC)ccc12. The van der Waals surface area contributed by atoms with Crippen molar-refractivity contribution in [2.45, 2.75) is 6.92 Å². The van der Waals surface area contributed by atoms with Crippen LogP contribution in [0.4, 0.5) is 0 Å². The van der Waals surface area contributed by atoms with E-state index in [1.165, 1.54) is 18.6 Å². The van der Waals surface area contributed by atoms with Crippen LogP contribution in [0.15, 0.2) is 18.2 Å². The van der Waals surface area contributed by atoms with Gasteiger partial charge in [-0.3, -0.25) is 9.36 Å². The van der Waals surface area contributed by atoms with E-state index in [0.29, 0.717) is 21.6 Å². The largest absolute Gasteiger partial charge is 0.465 e. The molecule has 0 radical (unpaired) electrons. The van der Waals surface area contributed by atoms with Crippen molar-refractivity contribution in [3.8, 4) is 0 Å². The number of methoxy groups -OCH3 is 1. The molecule has 1 aromatic carbocycles. The number of esters is 1. The van der Waals surface area contributed by atoms with Crippen molar-refractivity contribution in [1.29, 1.82) is 0 Å². The van der Waals surface area contributed by atoms with Gasteiger partial charge in [-0.25, -0.2) is 4.79 Å². The molecule has 0 saturated heterocycles. The van der Waals surface area contributed by atoms with E-state index in [1.54, 1.807) is 18.2 Å². The molecule has 0 aliphatic rings. The van der Waals surface area contributed by atoms with Gasteiger partial charge in [0.25, 0.3) is 0 Å². The Hall–Kier alpha value is -2.36. The van der Waals surface area contributed by atoms with Gasteiger partial charge >= 0.3 is 5.97 Å². The molecular formula is C14H13NO3. The van der Waals surface area contributed by atoms with Crippen molar-refractivity contribution < 1.29 is 14.3 Å². The van der Waals surface area contributed by atoms with Gasteiger partial charge in [-0.05, 0) is 12.1 Å². The predicted octanol–water partition coefficient (Wildman–Crippen LogP) is 0.909. The quantitative estimate of drug-likeness (QED) is 0.699. The van der Waals surface area contributed by atoms with Crippen molar-refractivity contribution in [1.82, 2.24) is 4.57 Å². The molecular weight excluding hydrogens is 230 g/mol. The van der Waals surface area contributed by atoms with Crippen molar-refractivity contribution in [2.24, 2.45) is 0 Å². The zero-order valence-electron chi connectivity index (χ0n) is 10.3. The minimum absolute atomic E-state index is 0.165. The van der Waals surface area contributed by atoms with Crippen molar-refractivity contribution in [3.05, 3.63) is 34.3 Å². The summed E-state index contributed by atoms with van der Waals surface area (Å²) in [6.07, 6.45) is 0. The first-order chi connectivity index (χ1) is 8.47. The molecule has 2 rings (SSSR count). The highest BCUT2D eigenvalue weighted by molar-refractivity contribution is 5.98. The van der Waals surface area contributed by atoms with Gasteiger partial charge in [0.1, 0.15) is 0 Å². The van der Waals surface area contributed by atoms with Crippen LogP contribution >= 0.6 is 0 Å². The number of nitrogens with zero attached hydrogens (tertiary/aromatic N) is 1. The second-order valence-corrected chi connectivity index (χ2v) is 4.00. The van der Waals surface area contributed by atoms with Gasteiger partial charge in [0.15, 0.2) is 0 Å². The second-order valence-electron chi connectivity index (χ2n) is 4.00. The van der Waals surface area contributed by atoms with Gasteiger partial charge in [0.05, 0.1) is 18.2 Å². The van der Waals surface area contributed by atoms with E-state index in [-0.39, 0.29) is 5.91 Å². The molecule has 2 aromatic rings. The van der Waals surface area contributed by atoms with Gasteiger partial charge in [-0.1, -0.05) is 19.2 Å². The fourth-order valence-corrected chi connectivity index (χ4v) is 2.01. The highest BCUT2D eigenvalue weighted by atomic mass is 16.5. The third-order valence-electron chi connectivity index (χ3n) is 2.92. The van der Waals surface area contributed by atoms with Crippen LogP contribution in [0.5, 0.6) is 0 Å². The van der Waals surface area contributed by atoms with E-state index in [1.807, 2.05) is 0 Å². The number of rotatable bonds is 1. The Labute approximate surface area is 104 Å². The van der Waals surface area contributed by atoms with Crippen LogP contribution in [0.2, 0.25) is 0 Å². The Morgan fingerprint density at radius 3 is 2.50 bits per heavy atom. The van der Waals surface area contributed by atoms with Crippen LogP contribution in [-0.4, -0.2) is 23.6 Å². The molecule has 0 bridgehead atoms. The first kappa shape index (κ1) is 12.1. The third-order valence-corrected chi connectivity index (χ3v) is 2.92. The van der Waals surface area contributed by atoms with Crippen molar-refractivity contribution in [2.75, 3.05) is 7.11 Å². The maximum Gasteiger partial charge on any atom is 0.337 e. The molecule has 92 valence electrons. The zero-order chi connectivity index (χ0) is 13.4. The molecule has 1 aromatic heterocycles. The van der Waals surface area contributed by atoms with Crippen LogP contribution in [0, 0.1) is 0 Å². The van der Waals surface area contributed by atoms with Gasteiger partial charge < -0.3 is 4.74 Å². The lowest BCUT2D eigenvalue weighted by Crippen LogP contribution is -2.29. The number of ether oxygens (including phenoxy) is 1. The van der Waals surface area contributed by atoms with Gasteiger partial charge in [0.2, 0.25) is 5.91 Å². The molecule has 1 heterocycles. The fraction of sp³-hybridized carbons (Fsp3) is 0.143. The lowest BCUT2D eigenvalue weighted by Gasteiger charge is -2.02. The number of benzene rings is 1. The van der Waals surface area contributed by atoms with Gasteiger partial charge in [0, 0.05) is 22.9 Å². The number of carbonyl (C=O) groups excluding carboxylic acids is 2. The summed E-state index contributed by atoms with van der Waals surface area (Å²) in [4.78, 5) is 23.1. The van der Waals surface area contributed by atoms with Crippen LogP contribution in [0.3, 0.4) is 0 Å². The highest BCUT2D eigenvalue weighted by Gasteiger charge is 2.12. The van der Waals surface area contributed by atoms with Crippen LogP contribution in [-0.2, 0) is 4.74 Å². The molecule has 0 unspecified atom stereocenters. The standard InChI is InChI=1S/C14H13NO3/c1-8-9(2)15(10(3)16)13-7-11(14(17)18-4)5-6-12(8)13/h5-7H,1-2H2,3-4H3. The lowest BCUT2D eigenvalue weighted by atomic mass is 10.1. The molecule has 0 spiro atoms. The van der Waals surface area contributed by atoms with E-state index in [4.69, 9.17) is 0 Å². The Kier molecular flexibility index (Phi) is 2.79. The Bertz CT molecular complexity index is 755. The maximum absolute atomic E-state index is 11.6. The molecule has 0 amide bonds. The average molecular weight is 243 g/mol. The summed E-state index contributed by atoms with van der Waals surface area (Å²) in [5.74, 6) is -0.605. The number of carbonyl (C=O) groups is 2. The highest BCUT2D eigenvalue weighted by Crippen LogP contribution is 2.13. The summed E-state index contributed by atoms with van der Waals surface area (Å²) < 4.78 is 6.11. The van der Waals surface area contributed by atoms with Crippen LogP contribution < -0.4 is 10.6 Å². The number of hydrogen-bond donors (Lipinski definition) is 0. The summed E-state index contributed by atoms with van der Waals surface area (Å²) in [6, 6.07) is 5.01. The molecule has 4 nitrogen and oxygen atoms in total. The molecule has 0 fully saturated rings. The topological polar surface area (TPSA) is 48.3 Å². The van der Waals surface area contributed by atoms with Crippen LogP contribution in [0.25, 0.3) is 24.1 Å².